The largest absolute Gasteiger partial charge is 0.506 e. The first kappa shape index (κ1) is 18.4. The second kappa shape index (κ2) is 6.71. The highest BCUT2D eigenvalue weighted by Crippen LogP contribution is 2.35. The highest BCUT2D eigenvalue weighted by Gasteiger charge is 2.28. The first-order chi connectivity index (χ1) is 12.8. The van der Waals surface area contributed by atoms with Crippen LogP contribution in [-0.2, 0) is 7.05 Å². The lowest BCUT2D eigenvalue weighted by atomic mass is 10.1. The van der Waals surface area contributed by atoms with Crippen LogP contribution in [0.2, 0.25) is 0 Å². The molecule has 6 nitrogen and oxygen atoms in total. The minimum Gasteiger partial charge on any atom is -0.506 e. The molecule has 1 amide bonds. The number of amides is 1. The van der Waals surface area contributed by atoms with E-state index in [9.17, 15) is 23.5 Å². The lowest BCUT2D eigenvalue weighted by molar-refractivity contribution is 0.0987. The van der Waals surface area contributed by atoms with Crippen LogP contribution in [0.25, 0.3) is 10.9 Å². The van der Waals surface area contributed by atoms with Crippen molar-refractivity contribution in [3.63, 3.8) is 0 Å². The zero-order valence-corrected chi connectivity index (χ0v) is 14.8. The van der Waals surface area contributed by atoms with E-state index in [1.165, 1.54) is 14.2 Å². The van der Waals surface area contributed by atoms with E-state index in [4.69, 9.17) is 4.74 Å². The first-order valence-electron chi connectivity index (χ1n) is 7.90. The number of carbonyl (C=O) groups excluding carboxylic acids is 1. The van der Waals surface area contributed by atoms with Crippen LogP contribution in [0.15, 0.2) is 41.2 Å². The molecule has 27 heavy (non-hydrogen) atoms. The molecular weight excluding hydrogens is 358 g/mol. The third-order valence-electron chi connectivity index (χ3n) is 4.37. The lowest BCUT2D eigenvalue weighted by Gasteiger charge is -2.20. The second-order valence-electron chi connectivity index (χ2n) is 5.88. The van der Waals surface area contributed by atoms with Crippen LogP contribution in [0.5, 0.6) is 11.5 Å². The van der Waals surface area contributed by atoms with Gasteiger partial charge in [-0.15, -0.1) is 0 Å². The summed E-state index contributed by atoms with van der Waals surface area (Å²) in [5, 5.41) is 10.8. The average molecular weight is 374 g/mol. The van der Waals surface area contributed by atoms with Crippen LogP contribution in [0, 0.1) is 11.6 Å². The molecule has 0 saturated heterocycles. The molecule has 0 atom stereocenters. The second-order valence-corrected chi connectivity index (χ2v) is 5.88. The van der Waals surface area contributed by atoms with E-state index in [2.05, 4.69) is 0 Å². The fourth-order valence-electron chi connectivity index (χ4n) is 2.98. The average Bonchev–Trinajstić information content (AvgIpc) is 2.65. The minimum absolute atomic E-state index is 0.146. The third-order valence-corrected chi connectivity index (χ3v) is 4.37. The number of nitrogens with zero attached hydrogens (tertiary/aromatic N) is 2. The number of carbonyl (C=O) groups is 1. The Labute approximate surface area is 152 Å². The van der Waals surface area contributed by atoms with Gasteiger partial charge in [0.1, 0.15) is 34.4 Å². The molecule has 1 N–H and O–H groups in total. The number of pyridine rings is 1. The van der Waals surface area contributed by atoms with Crippen LogP contribution in [0.4, 0.5) is 14.5 Å². The Morgan fingerprint density at radius 1 is 1.15 bits per heavy atom. The van der Waals surface area contributed by atoms with Crippen molar-refractivity contribution in [3.05, 3.63) is 63.9 Å². The highest BCUT2D eigenvalue weighted by molar-refractivity contribution is 6.11. The maximum Gasteiger partial charge on any atom is 0.267 e. The molecule has 3 rings (SSSR count). The fraction of sp³-hybridized carbons (Fsp3) is 0.158. The quantitative estimate of drug-likeness (QED) is 0.765. The molecular formula is C19H16F2N2O4. The van der Waals surface area contributed by atoms with Crippen molar-refractivity contribution in [2.24, 2.45) is 7.05 Å². The summed E-state index contributed by atoms with van der Waals surface area (Å²) in [6, 6.07) is 7.90. The summed E-state index contributed by atoms with van der Waals surface area (Å²) in [4.78, 5) is 26.2. The molecule has 1 aromatic heterocycles. The van der Waals surface area contributed by atoms with Gasteiger partial charge in [0.25, 0.3) is 11.5 Å². The molecule has 0 radical (unpaired) electrons. The van der Waals surface area contributed by atoms with Gasteiger partial charge in [-0.3, -0.25) is 9.59 Å². The summed E-state index contributed by atoms with van der Waals surface area (Å²) in [6.45, 7) is 0. The Hall–Kier alpha value is -3.42. The monoisotopic (exact) mass is 374 g/mol. The summed E-state index contributed by atoms with van der Waals surface area (Å²) in [6.07, 6.45) is 0. The Bertz CT molecular complexity index is 1100. The lowest BCUT2D eigenvalue weighted by Crippen LogP contribution is -2.35. The molecule has 140 valence electrons. The number of ether oxygens (including phenoxy) is 1. The number of halogens is 2. The van der Waals surface area contributed by atoms with Gasteiger partial charge in [0.05, 0.1) is 18.0 Å². The SMILES string of the molecule is COc1cccc2c1c(O)c(C(=O)N(C)c1c(F)cccc1F)c(=O)n2C. The van der Waals surface area contributed by atoms with Crippen molar-refractivity contribution in [1.82, 2.24) is 4.57 Å². The molecule has 3 aromatic rings. The molecule has 0 aliphatic carbocycles. The molecule has 0 bridgehead atoms. The maximum atomic E-state index is 14.0. The summed E-state index contributed by atoms with van der Waals surface area (Å²) >= 11 is 0. The first-order valence-corrected chi connectivity index (χ1v) is 7.90. The van der Waals surface area contributed by atoms with Gasteiger partial charge >= 0.3 is 0 Å². The Kier molecular flexibility index (Phi) is 4.57. The van der Waals surface area contributed by atoms with E-state index in [0.29, 0.717) is 10.4 Å². The zero-order valence-electron chi connectivity index (χ0n) is 14.8. The molecule has 1 heterocycles. The van der Waals surface area contributed by atoms with Gasteiger partial charge in [0, 0.05) is 14.1 Å². The standard InChI is InChI=1S/C19H16F2N2O4/c1-22-12-8-5-9-13(27-3)14(12)17(24)15(18(22)25)19(26)23(2)16-10(20)6-4-7-11(16)21/h4-9,24H,1-3H3. The van der Waals surface area contributed by atoms with Gasteiger partial charge < -0.3 is 19.3 Å². The van der Waals surface area contributed by atoms with Crippen LogP contribution in [0.1, 0.15) is 10.4 Å². The van der Waals surface area contributed by atoms with Gasteiger partial charge in [0.2, 0.25) is 0 Å². The van der Waals surface area contributed by atoms with Crippen molar-refractivity contribution in [3.8, 4) is 11.5 Å². The summed E-state index contributed by atoms with van der Waals surface area (Å²) in [5.74, 6) is -3.36. The van der Waals surface area contributed by atoms with Crippen LogP contribution in [0.3, 0.4) is 0 Å². The van der Waals surface area contributed by atoms with Crippen molar-refractivity contribution >= 4 is 22.5 Å². The van der Waals surface area contributed by atoms with E-state index in [0.717, 1.165) is 29.8 Å². The van der Waals surface area contributed by atoms with Gasteiger partial charge in [-0.25, -0.2) is 8.78 Å². The normalized spacial score (nSPS) is 10.9. The molecule has 0 aliphatic rings. The summed E-state index contributed by atoms with van der Waals surface area (Å²) in [5.41, 5.74) is -1.70. The third kappa shape index (κ3) is 2.79. The molecule has 0 fully saturated rings. The van der Waals surface area contributed by atoms with Crippen molar-refractivity contribution in [1.29, 1.82) is 0 Å². The molecule has 0 unspecified atom stereocenters. The van der Waals surface area contributed by atoms with Gasteiger partial charge in [0.15, 0.2) is 0 Å². The van der Waals surface area contributed by atoms with Gasteiger partial charge in [-0.2, -0.15) is 0 Å². The van der Waals surface area contributed by atoms with Gasteiger partial charge in [-0.1, -0.05) is 12.1 Å². The van der Waals surface area contributed by atoms with E-state index in [1.54, 1.807) is 18.2 Å². The van der Waals surface area contributed by atoms with Gasteiger partial charge in [-0.05, 0) is 24.3 Å². The van der Waals surface area contributed by atoms with E-state index < -0.39 is 40.1 Å². The molecule has 0 saturated carbocycles. The molecule has 0 aliphatic heterocycles. The highest BCUT2D eigenvalue weighted by atomic mass is 19.1. The number of hydrogen-bond acceptors (Lipinski definition) is 4. The predicted molar refractivity (Wildman–Crippen MR) is 96.5 cm³/mol. The number of fused-ring (bicyclic) bond motifs is 1. The summed E-state index contributed by atoms with van der Waals surface area (Å²) in [7, 11) is 3.92. The topological polar surface area (TPSA) is 71.8 Å². The van der Waals surface area contributed by atoms with Crippen molar-refractivity contribution < 1.29 is 23.4 Å². The van der Waals surface area contributed by atoms with Crippen molar-refractivity contribution in [2.75, 3.05) is 19.1 Å². The Morgan fingerprint density at radius 2 is 1.74 bits per heavy atom. The summed E-state index contributed by atoms with van der Waals surface area (Å²) < 4.78 is 34.4. The number of hydrogen-bond donors (Lipinski definition) is 1. The fourth-order valence-corrected chi connectivity index (χ4v) is 2.98. The number of methoxy groups -OCH3 is 1. The molecule has 2 aromatic carbocycles. The van der Waals surface area contributed by atoms with Crippen LogP contribution < -0.4 is 15.2 Å². The minimum atomic E-state index is -1.05. The Morgan fingerprint density at radius 3 is 2.33 bits per heavy atom. The number of rotatable bonds is 3. The number of benzene rings is 2. The van der Waals surface area contributed by atoms with E-state index >= 15 is 0 Å². The van der Waals surface area contributed by atoms with Crippen LogP contribution in [-0.4, -0.2) is 29.7 Å². The van der Waals surface area contributed by atoms with E-state index in [1.807, 2.05) is 0 Å². The van der Waals surface area contributed by atoms with Crippen LogP contribution >= 0.6 is 0 Å². The zero-order chi connectivity index (χ0) is 19.9. The number of aromatic hydroxyl groups is 1. The smallest absolute Gasteiger partial charge is 0.267 e. The predicted octanol–water partition coefficient (Wildman–Crippen LogP) is 2.81. The van der Waals surface area contributed by atoms with Crippen molar-refractivity contribution in [2.45, 2.75) is 0 Å². The Balaban J connectivity index is 2.28. The number of para-hydroxylation sites is 1. The number of anilines is 1. The number of aromatic nitrogens is 1. The van der Waals surface area contributed by atoms with E-state index in [-0.39, 0.29) is 11.1 Å². The molecule has 0 spiro atoms. The number of aryl methyl sites for hydroxylation is 1. The molecule has 8 heteroatoms. The maximum absolute atomic E-state index is 14.0.